The second-order valence-electron chi connectivity index (χ2n) is 6.86. The zero-order valence-electron chi connectivity index (χ0n) is 13.0. The second kappa shape index (κ2) is 6.72. The van der Waals surface area contributed by atoms with Crippen LogP contribution in [0.2, 0.25) is 0 Å². The summed E-state index contributed by atoms with van der Waals surface area (Å²) in [5.74, 6) is 0. The average molecular weight is 280 g/mol. The first kappa shape index (κ1) is 15.5. The van der Waals surface area contributed by atoms with Gasteiger partial charge in [-0.1, -0.05) is 19.3 Å². The first-order valence-corrected chi connectivity index (χ1v) is 7.80. The lowest BCUT2D eigenvalue weighted by Gasteiger charge is -2.22. The summed E-state index contributed by atoms with van der Waals surface area (Å²) in [6.07, 6.45) is 8.58. The van der Waals surface area contributed by atoms with Gasteiger partial charge in [-0.25, -0.2) is 0 Å². The molecule has 1 heterocycles. The first-order chi connectivity index (χ1) is 9.44. The van der Waals surface area contributed by atoms with Gasteiger partial charge in [0.15, 0.2) is 0 Å². The van der Waals surface area contributed by atoms with Crippen molar-refractivity contribution in [3.05, 3.63) is 18.0 Å². The zero-order valence-corrected chi connectivity index (χ0v) is 13.0. The molecule has 1 aromatic heterocycles. The number of aliphatic hydroxyl groups is 1. The number of hydrogen-bond acceptors (Lipinski definition) is 3. The van der Waals surface area contributed by atoms with Gasteiger partial charge in [0.1, 0.15) is 0 Å². The highest BCUT2D eigenvalue weighted by Gasteiger charge is 2.18. The van der Waals surface area contributed by atoms with E-state index in [0.29, 0.717) is 19.1 Å². The summed E-state index contributed by atoms with van der Waals surface area (Å²) in [7, 11) is 0. The van der Waals surface area contributed by atoms with Crippen molar-refractivity contribution in [2.24, 2.45) is 0 Å². The van der Waals surface area contributed by atoms with E-state index in [0.717, 1.165) is 5.69 Å². The molecule has 1 unspecified atom stereocenters. The molecule has 2 rings (SSSR count). The molecule has 0 radical (unpaired) electrons. The molecule has 4 nitrogen and oxygen atoms in total. The van der Waals surface area contributed by atoms with Crippen molar-refractivity contribution < 1.29 is 9.84 Å². The van der Waals surface area contributed by atoms with Crippen LogP contribution in [0.15, 0.2) is 12.3 Å². The van der Waals surface area contributed by atoms with Crippen LogP contribution >= 0.6 is 0 Å². The van der Waals surface area contributed by atoms with Crippen molar-refractivity contribution in [3.63, 3.8) is 0 Å². The fourth-order valence-corrected chi connectivity index (χ4v) is 2.68. The minimum absolute atomic E-state index is 0.206. The predicted molar refractivity (Wildman–Crippen MR) is 79.8 cm³/mol. The van der Waals surface area contributed by atoms with Gasteiger partial charge in [0.25, 0.3) is 0 Å². The van der Waals surface area contributed by atoms with Crippen molar-refractivity contribution in [2.45, 2.75) is 77.0 Å². The van der Waals surface area contributed by atoms with Crippen LogP contribution < -0.4 is 0 Å². The Morgan fingerprint density at radius 3 is 2.70 bits per heavy atom. The van der Waals surface area contributed by atoms with Crippen molar-refractivity contribution in [1.82, 2.24) is 9.78 Å². The Balaban J connectivity index is 1.82. The molecule has 0 aliphatic heterocycles. The van der Waals surface area contributed by atoms with E-state index in [4.69, 9.17) is 4.74 Å². The molecule has 114 valence electrons. The normalized spacial score (nSPS) is 19.2. The lowest BCUT2D eigenvalue weighted by Crippen LogP contribution is -2.27. The van der Waals surface area contributed by atoms with Gasteiger partial charge in [-0.15, -0.1) is 0 Å². The first-order valence-electron chi connectivity index (χ1n) is 7.80. The van der Waals surface area contributed by atoms with E-state index in [1.165, 1.54) is 32.1 Å². The standard InChI is InChI=1S/C16H28N2O2/c1-16(2,3)20-12-15(19)11-13-9-10-18(17-13)14-7-5-4-6-8-14/h9-10,14-15,19H,4-8,11-12H2,1-3H3. The lowest BCUT2D eigenvalue weighted by molar-refractivity contribution is -0.0484. The minimum atomic E-state index is -0.482. The summed E-state index contributed by atoms with van der Waals surface area (Å²) in [6, 6.07) is 2.58. The van der Waals surface area contributed by atoms with E-state index in [1.807, 2.05) is 26.8 Å². The number of ether oxygens (including phenoxy) is 1. The minimum Gasteiger partial charge on any atom is -0.390 e. The van der Waals surface area contributed by atoms with Gasteiger partial charge >= 0.3 is 0 Å². The highest BCUT2D eigenvalue weighted by atomic mass is 16.5. The fraction of sp³-hybridized carbons (Fsp3) is 0.812. The van der Waals surface area contributed by atoms with E-state index in [-0.39, 0.29) is 5.60 Å². The largest absolute Gasteiger partial charge is 0.390 e. The van der Waals surface area contributed by atoms with Crippen LogP contribution in [0.1, 0.15) is 64.6 Å². The molecule has 20 heavy (non-hydrogen) atoms. The molecule has 1 aliphatic carbocycles. The van der Waals surface area contributed by atoms with Crippen LogP contribution in [0.5, 0.6) is 0 Å². The Kier molecular flexibility index (Phi) is 5.22. The lowest BCUT2D eigenvalue weighted by atomic mass is 9.96. The Bertz CT molecular complexity index is 403. The van der Waals surface area contributed by atoms with E-state index in [2.05, 4.69) is 16.0 Å². The monoisotopic (exact) mass is 280 g/mol. The van der Waals surface area contributed by atoms with Crippen LogP contribution in [0.25, 0.3) is 0 Å². The molecular weight excluding hydrogens is 252 g/mol. The molecule has 1 fully saturated rings. The number of hydrogen-bond donors (Lipinski definition) is 1. The van der Waals surface area contributed by atoms with Gasteiger partial charge in [-0.2, -0.15) is 5.10 Å². The maximum Gasteiger partial charge on any atom is 0.0829 e. The summed E-state index contributed by atoms with van der Waals surface area (Å²) in [4.78, 5) is 0. The third kappa shape index (κ3) is 4.91. The third-order valence-corrected chi connectivity index (χ3v) is 3.77. The van der Waals surface area contributed by atoms with Crippen LogP contribution in [0.3, 0.4) is 0 Å². The molecule has 1 aliphatic rings. The summed E-state index contributed by atoms with van der Waals surface area (Å²) >= 11 is 0. The summed E-state index contributed by atoms with van der Waals surface area (Å²) in [5.41, 5.74) is 0.753. The molecule has 0 saturated heterocycles. The Morgan fingerprint density at radius 1 is 1.35 bits per heavy atom. The number of rotatable bonds is 5. The van der Waals surface area contributed by atoms with Gasteiger partial charge in [0.05, 0.1) is 30.0 Å². The van der Waals surface area contributed by atoms with Gasteiger partial charge in [-0.05, 0) is 39.7 Å². The van der Waals surface area contributed by atoms with E-state index in [1.54, 1.807) is 0 Å². The van der Waals surface area contributed by atoms with Crippen molar-refractivity contribution in [1.29, 1.82) is 0 Å². The zero-order chi connectivity index (χ0) is 14.6. The topological polar surface area (TPSA) is 47.3 Å². The SMILES string of the molecule is CC(C)(C)OCC(O)Cc1ccn(C2CCCCC2)n1. The third-order valence-electron chi connectivity index (χ3n) is 3.77. The highest BCUT2D eigenvalue weighted by Crippen LogP contribution is 2.27. The molecule has 1 saturated carbocycles. The molecule has 0 aromatic carbocycles. The van der Waals surface area contributed by atoms with Gasteiger partial charge in [-0.3, -0.25) is 4.68 Å². The molecule has 0 amide bonds. The molecule has 1 aromatic rings. The van der Waals surface area contributed by atoms with Crippen LogP contribution in [-0.4, -0.2) is 33.2 Å². The Labute approximate surface area is 122 Å². The van der Waals surface area contributed by atoms with E-state index < -0.39 is 6.10 Å². The Morgan fingerprint density at radius 2 is 2.05 bits per heavy atom. The summed E-state index contributed by atoms with van der Waals surface area (Å²) in [6.45, 7) is 6.35. The average Bonchev–Trinajstić information content (AvgIpc) is 2.85. The number of nitrogens with zero attached hydrogens (tertiary/aromatic N) is 2. The van der Waals surface area contributed by atoms with Gasteiger partial charge in [0, 0.05) is 12.6 Å². The molecule has 0 bridgehead atoms. The number of aliphatic hydroxyl groups excluding tert-OH is 1. The fourth-order valence-electron chi connectivity index (χ4n) is 2.68. The highest BCUT2D eigenvalue weighted by molar-refractivity contribution is 5.01. The molecule has 1 N–H and O–H groups in total. The van der Waals surface area contributed by atoms with Gasteiger partial charge < -0.3 is 9.84 Å². The van der Waals surface area contributed by atoms with Crippen molar-refractivity contribution >= 4 is 0 Å². The maximum absolute atomic E-state index is 10.0. The van der Waals surface area contributed by atoms with Gasteiger partial charge in [0.2, 0.25) is 0 Å². The summed E-state index contributed by atoms with van der Waals surface area (Å²) < 4.78 is 7.69. The van der Waals surface area contributed by atoms with Crippen molar-refractivity contribution in [3.8, 4) is 0 Å². The van der Waals surface area contributed by atoms with E-state index >= 15 is 0 Å². The summed E-state index contributed by atoms with van der Waals surface area (Å²) in [5, 5.41) is 14.6. The number of aromatic nitrogens is 2. The molecule has 0 spiro atoms. The quantitative estimate of drug-likeness (QED) is 0.901. The van der Waals surface area contributed by atoms with Crippen molar-refractivity contribution in [2.75, 3.05) is 6.61 Å². The molecular formula is C16H28N2O2. The maximum atomic E-state index is 10.0. The van der Waals surface area contributed by atoms with E-state index in [9.17, 15) is 5.11 Å². The van der Waals surface area contributed by atoms with Crippen LogP contribution in [-0.2, 0) is 11.2 Å². The molecule has 1 atom stereocenters. The van der Waals surface area contributed by atoms with Crippen LogP contribution in [0.4, 0.5) is 0 Å². The Hall–Kier alpha value is -0.870. The second-order valence-corrected chi connectivity index (χ2v) is 6.86. The molecule has 4 heteroatoms. The smallest absolute Gasteiger partial charge is 0.0829 e. The van der Waals surface area contributed by atoms with Crippen LogP contribution in [0, 0.1) is 0 Å². The predicted octanol–water partition coefficient (Wildman–Crippen LogP) is 3.11.